The number of nitrogens with zero attached hydrogens (tertiary/aromatic N) is 1. The molecule has 1 N–H and O–H groups in total. The van der Waals surface area contributed by atoms with E-state index in [2.05, 4.69) is 5.32 Å². The average Bonchev–Trinajstić information content (AvgIpc) is 2.53. The molecule has 0 aromatic heterocycles. The van der Waals surface area contributed by atoms with E-state index in [0.29, 0.717) is 18.0 Å². The van der Waals surface area contributed by atoms with Crippen LogP contribution in [0.25, 0.3) is 0 Å². The summed E-state index contributed by atoms with van der Waals surface area (Å²) < 4.78 is 11.3. The van der Waals surface area contributed by atoms with Crippen LogP contribution in [0.2, 0.25) is 5.02 Å². The predicted octanol–water partition coefficient (Wildman–Crippen LogP) is 3.80. The maximum absolute atomic E-state index is 12.8. The second-order valence-electron chi connectivity index (χ2n) is 9.11. The molecule has 0 spiro atoms. The van der Waals surface area contributed by atoms with Gasteiger partial charge in [-0.2, -0.15) is 0 Å². The van der Waals surface area contributed by atoms with E-state index in [1.807, 2.05) is 45.0 Å². The molecule has 7 heteroatoms. The molecule has 2 amide bonds. The van der Waals surface area contributed by atoms with Gasteiger partial charge < -0.3 is 14.8 Å². The lowest BCUT2D eigenvalue weighted by Crippen LogP contribution is -2.64. The van der Waals surface area contributed by atoms with Crippen molar-refractivity contribution in [2.24, 2.45) is 0 Å². The van der Waals surface area contributed by atoms with Gasteiger partial charge in [0, 0.05) is 11.6 Å². The maximum Gasteiger partial charge on any atom is 0.411 e. The summed E-state index contributed by atoms with van der Waals surface area (Å²) >= 11 is 5.94. The SMILES string of the molecule is CC(C)(C)OC[C@H]1C(=O)N[C@@H](Cc2ccc(Cl)cc2)CN1C(=O)OC(C)(C)C. The minimum atomic E-state index is -0.726. The number of hydrogen-bond donors (Lipinski definition) is 1. The smallest absolute Gasteiger partial charge is 0.411 e. The van der Waals surface area contributed by atoms with Crippen LogP contribution in [-0.2, 0) is 20.7 Å². The lowest BCUT2D eigenvalue weighted by Gasteiger charge is -2.40. The molecule has 0 aliphatic carbocycles. The highest BCUT2D eigenvalue weighted by molar-refractivity contribution is 6.30. The van der Waals surface area contributed by atoms with Gasteiger partial charge in [0.15, 0.2) is 0 Å². The quantitative estimate of drug-likeness (QED) is 0.819. The van der Waals surface area contributed by atoms with E-state index in [4.69, 9.17) is 21.1 Å². The Labute approximate surface area is 172 Å². The van der Waals surface area contributed by atoms with E-state index in [9.17, 15) is 9.59 Å². The molecule has 0 unspecified atom stereocenters. The third-order valence-electron chi connectivity index (χ3n) is 4.14. The van der Waals surface area contributed by atoms with Gasteiger partial charge in [0.2, 0.25) is 5.91 Å². The first-order valence-corrected chi connectivity index (χ1v) is 9.90. The van der Waals surface area contributed by atoms with Gasteiger partial charge in [-0.05, 0) is 65.7 Å². The molecule has 1 aliphatic rings. The molecule has 0 saturated carbocycles. The summed E-state index contributed by atoms with van der Waals surface area (Å²) in [7, 11) is 0. The van der Waals surface area contributed by atoms with Crippen molar-refractivity contribution in [1.29, 1.82) is 0 Å². The Balaban J connectivity index is 2.16. The predicted molar refractivity (Wildman–Crippen MR) is 110 cm³/mol. The monoisotopic (exact) mass is 410 g/mol. The number of benzene rings is 1. The second kappa shape index (κ2) is 8.70. The zero-order chi connectivity index (χ0) is 21.1. The van der Waals surface area contributed by atoms with Crippen LogP contribution in [0.15, 0.2) is 24.3 Å². The van der Waals surface area contributed by atoms with Crippen molar-refractivity contribution in [2.75, 3.05) is 13.2 Å². The summed E-state index contributed by atoms with van der Waals surface area (Å²) in [4.78, 5) is 27.1. The Morgan fingerprint density at radius 2 is 1.75 bits per heavy atom. The Morgan fingerprint density at radius 3 is 2.29 bits per heavy atom. The van der Waals surface area contributed by atoms with E-state index >= 15 is 0 Å². The molecule has 1 aliphatic heterocycles. The van der Waals surface area contributed by atoms with Crippen LogP contribution in [0.3, 0.4) is 0 Å². The fourth-order valence-electron chi connectivity index (χ4n) is 2.89. The van der Waals surface area contributed by atoms with Crippen LogP contribution in [0.1, 0.15) is 47.1 Å². The molecule has 0 bridgehead atoms. The van der Waals surface area contributed by atoms with E-state index in [0.717, 1.165) is 5.56 Å². The first kappa shape index (κ1) is 22.5. The Kier molecular flexibility index (Phi) is 6.99. The molecule has 1 saturated heterocycles. The van der Waals surface area contributed by atoms with Crippen molar-refractivity contribution in [3.63, 3.8) is 0 Å². The van der Waals surface area contributed by atoms with Crippen molar-refractivity contribution in [3.05, 3.63) is 34.9 Å². The number of ether oxygens (including phenoxy) is 2. The molecule has 6 nitrogen and oxygen atoms in total. The Bertz CT molecular complexity index is 692. The number of halogens is 1. The van der Waals surface area contributed by atoms with Crippen LogP contribution in [-0.4, -0.2) is 53.3 Å². The fourth-order valence-corrected chi connectivity index (χ4v) is 3.01. The number of amides is 2. The fraction of sp³-hybridized carbons (Fsp3) is 0.619. The Hall–Kier alpha value is -1.79. The molecule has 1 fully saturated rings. The van der Waals surface area contributed by atoms with Crippen LogP contribution < -0.4 is 5.32 Å². The zero-order valence-corrected chi connectivity index (χ0v) is 18.3. The number of nitrogens with one attached hydrogen (secondary N) is 1. The minimum Gasteiger partial charge on any atom is -0.444 e. The number of carbonyl (C=O) groups is 2. The number of carbonyl (C=O) groups excluding carboxylic acids is 2. The summed E-state index contributed by atoms with van der Waals surface area (Å²) in [6.07, 6.45) is 0.0840. The van der Waals surface area contributed by atoms with E-state index in [1.165, 1.54) is 4.90 Å². The van der Waals surface area contributed by atoms with Crippen molar-refractivity contribution in [3.8, 4) is 0 Å². The van der Waals surface area contributed by atoms with Crippen LogP contribution in [0.4, 0.5) is 4.79 Å². The first-order chi connectivity index (χ1) is 12.8. The van der Waals surface area contributed by atoms with E-state index in [1.54, 1.807) is 20.8 Å². The van der Waals surface area contributed by atoms with Gasteiger partial charge in [-0.25, -0.2) is 4.79 Å². The third kappa shape index (κ3) is 6.99. The molecular weight excluding hydrogens is 380 g/mol. The Morgan fingerprint density at radius 1 is 1.14 bits per heavy atom. The molecule has 156 valence electrons. The lowest BCUT2D eigenvalue weighted by atomic mass is 10.0. The highest BCUT2D eigenvalue weighted by atomic mass is 35.5. The topological polar surface area (TPSA) is 67.9 Å². The largest absolute Gasteiger partial charge is 0.444 e. The van der Waals surface area contributed by atoms with Gasteiger partial charge in [0.1, 0.15) is 11.6 Å². The van der Waals surface area contributed by atoms with Gasteiger partial charge in [-0.15, -0.1) is 0 Å². The molecular formula is C21H31ClN2O4. The van der Waals surface area contributed by atoms with E-state index in [-0.39, 0.29) is 18.6 Å². The molecule has 2 atom stereocenters. The van der Waals surface area contributed by atoms with Crippen molar-refractivity contribution < 1.29 is 19.1 Å². The van der Waals surface area contributed by atoms with Gasteiger partial charge >= 0.3 is 6.09 Å². The highest BCUT2D eigenvalue weighted by Crippen LogP contribution is 2.20. The summed E-state index contributed by atoms with van der Waals surface area (Å²) in [6, 6.07) is 6.52. The molecule has 2 rings (SSSR count). The first-order valence-electron chi connectivity index (χ1n) is 9.52. The number of rotatable bonds is 4. The summed E-state index contributed by atoms with van der Waals surface area (Å²) in [5.74, 6) is -0.236. The standard InChI is InChI=1S/C21H31ClN2O4/c1-20(2,3)27-13-17-18(25)23-16(11-14-7-9-15(22)10-8-14)12-24(17)19(26)28-21(4,5)6/h7-10,16-17H,11-13H2,1-6H3,(H,23,25)/t16-,17-/m0/s1. The van der Waals surface area contributed by atoms with Gasteiger partial charge in [0.05, 0.1) is 18.2 Å². The number of piperazine rings is 1. The second-order valence-corrected chi connectivity index (χ2v) is 9.54. The average molecular weight is 411 g/mol. The normalized spacial score (nSPS) is 20.7. The summed E-state index contributed by atoms with van der Waals surface area (Å²) in [6.45, 7) is 11.6. The van der Waals surface area contributed by atoms with Crippen molar-refractivity contribution in [2.45, 2.75) is 71.2 Å². The highest BCUT2D eigenvalue weighted by Gasteiger charge is 2.40. The molecule has 0 radical (unpaired) electrons. The molecule has 1 heterocycles. The van der Waals surface area contributed by atoms with E-state index < -0.39 is 23.3 Å². The minimum absolute atomic E-state index is 0.113. The van der Waals surface area contributed by atoms with Gasteiger partial charge in [-0.1, -0.05) is 23.7 Å². The summed E-state index contributed by atoms with van der Waals surface area (Å²) in [5.41, 5.74) is -0.0326. The van der Waals surface area contributed by atoms with Crippen LogP contribution >= 0.6 is 11.6 Å². The maximum atomic E-state index is 12.8. The van der Waals surface area contributed by atoms with Crippen molar-refractivity contribution >= 4 is 23.6 Å². The molecule has 1 aromatic carbocycles. The molecule has 1 aromatic rings. The third-order valence-corrected chi connectivity index (χ3v) is 4.39. The van der Waals surface area contributed by atoms with Crippen molar-refractivity contribution in [1.82, 2.24) is 10.2 Å². The zero-order valence-electron chi connectivity index (χ0n) is 17.5. The molecule has 28 heavy (non-hydrogen) atoms. The lowest BCUT2D eigenvalue weighted by molar-refractivity contribution is -0.136. The van der Waals surface area contributed by atoms with Gasteiger partial charge in [0.25, 0.3) is 0 Å². The summed E-state index contributed by atoms with van der Waals surface area (Å²) in [5, 5.41) is 3.67. The number of hydrogen-bond acceptors (Lipinski definition) is 4. The van der Waals surface area contributed by atoms with Gasteiger partial charge in [-0.3, -0.25) is 9.69 Å². The van der Waals surface area contributed by atoms with Crippen LogP contribution in [0, 0.1) is 0 Å². The van der Waals surface area contributed by atoms with Crippen LogP contribution in [0.5, 0.6) is 0 Å².